The molecule has 156 valence electrons. The van der Waals surface area contributed by atoms with Crippen molar-refractivity contribution in [3.05, 3.63) is 42.0 Å². The zero-order valence-corrected chi connectivity index (χ0v) is 16.9. The topological polar surface area (TPSA) is 114 Å². The van der Waals surface area contributed by atoms with Gasteiger partial charge < -0.3 is 24.2 Å². The van der Waals surface area contributed by atoms with Crippen molar-refractivity contribution in [1.29, 1.82) is 0 Å². The molecule has 2 aromatic carbocycles. The van der Waals surface area contributed by atoms with Gasteiger partial charge in [-0.3, -0.25) is 4.72 Å². The normalized spacial score (nSPS) is 14.3. The number of hydrogen-bond acceptors (Lipinski definition) is 7. The molecule has 0 spiro atoms. The summed E-state index contributed by atoms with van der Waals surface area (Å²) in [4.78, 5) is 13.2. The summed E-state index contributed by atoms with van der Waals surface area (Å²) in [6.07, 6.45) is 0. The van der Waals surface area contributed by atoms with Gasteiger partial charge in [0.25, 0.3) is 10.0 Å². The molecule has 1 saturated heterocycles. The minimum atomic E-state index is -4.10. The summed E-state index contributed by atoms with van der Waals surface area (Å²) in [5, 5.41) is 9.33. The smallest absolute Gasteiger partial charge is 0.335 e. The molecule has 0 aromatic heterocycles. The van der Waals surface area contributed by atoms with E-state index in [0.717, 1.165) is 0 Å². The molecular weight excluding hydrogens is 400 g/mol. The highest BCUT2D eigenvalue weighted by atomic mass is 32.2. The average Bonchev–Trinajstić information content (AvgIpc) is 2.73. The molecule has 1 aliphatic rings. The van der Waals surface area contributed by atoms with Crippen molar-refractivity contribution in [2.45, 2.75) is 4.90 Å². The Hall–Kier alpha value is -2.98. The zero-order valence-electron chi connectivity index (χ0n) is 16.0. The largest absolute Gasteiger partial charge is 0.497 e. The molecule has 1 fully saturated rings. The summed E-state index contributed by atoms with van der Waals surface area (Å²) < 4.78 is 44.4. The SMILES string of the molecule is COc1ccc(OC)c(S(=O)(=O)Nc2cc(C(=O)O)ccc2N2CCOCC2)c1. The number of benzene rings is 2. The number of carbonyl (C=O) groups is 1. The van der Waals surface area contributed by atoms with E-state index in [2.05, 4.69) is 4.72 Å². The fourth-order valence-electron chi connectivity index (χ4n) is 3.02. The summed E-state index contributed by atoms with van der Waals surface area (Å²) in [7, 11) is -1.30. The van der Waals surface area contributed by atoms with Crippen molar-refractivity contribution < 1.29 is 32.5 Å². The first-order valence-electron chi connectivity index (χ1n) is 8.80. The van der Waals surface area contributed by atoms with Gasteiger partial charge in [0.1, 0.15) is 16.4 Å². The van der Waals surface area contributed by atoms with Gasteiger partial charge in [-0.1, -0.05) is 0 Å². The highest BCUT2D eigenvalue weighted by Gasteiger charge is 2.24. The molecule has 10 heteroatoms. The van der Waals surface area contributed by atoms with Gasteiger partial charge in [-0.25, -0.2) is 13.2 Å². The van der Waals surface area contributed by atoms with Crippen LogP contribution in [0.4, 0.5) is 11.4 Å². The lowest BCUT2D eigenvalue weighted by Crippen LogP contribution is -2.36. The van der Waals surface area contributed by atoms with Crippen LogP contribution < -0.4 is 19.1 Å². The average molecular weight is 422 g/mol. The molecule has 0 atom stereocenters. The van der Waals surface area contributed by atoms with Crippen LogP contribution in [0.15, 0.2) is 41.3 Å². The number of morpholine rings is 1. The van der Waals surface area contributed by atoms with Crippen LogP contribution in [-0.4, -0.2) is 60.0 Å². The second-order valence-corrected chi connectivity index (χ2v) is 7.91. The Labute approximate surface area is 168 Å². The van der Waals surface area contributed by atoms with Gasteiger partial charge in [0.05, 0.1) is 44.4 Å². The Morgan fingerprint density at radius 2 is 1.83 bits per heavy atom. The van der Waals surface area contributed by atoms with E-state index in [1.54, 1.807) is 12.1 Å². The molecule has 0 radical (unpaired) electrons. The molecule has 1 heterocycles. The number of ether oxygens (including phenoxy) is 3. The molecule has 29 heavy (non-hydrogen) atoms. The number of carboxylic acids is 1. The number of hydrogen-bond donors (Lipinski definition) is 2. The summed E-state index contributed by atoms with van der Waals surface area (Å²) in [5.74, 6) is -0.669. The molecule has 0 unspecified atom stereocenters. The molecule has 0 amide bonds. The van der Waals surface area contributed by atoms with Gasteiger partial charge in [-0.15, -0.1) is 0 Å². The van der Waals surface area contributed by atoms with Gasteiger partial charge >= 0.3 is 5.97 Å². The van der Waals surface area contributed by atoms with Crippen LogP contribution in [0.5, 0.6) is 11.5 Å². The lowest BCUT2D eigenvalue weighted by atomic mass is 10.1. The van der Waals surface area contributed by atoms with Crippen molar-refractivity contribution in [3.63, 3.8) is 0 Å². The minimum absolute atomic E-state index is 0.0303. The molecule has 2 aromatic rings. The van der Waals surface area contributed by atoms with E-state index in [4.69, 9.17) is 14.2 Å². The first-order valence-corrected chi connectivity index (χ1v) is 10.3. The van der Waals surface area contributed by atoms with Crippen LogP contribution in [0, 0.1) is 0 Å². The third-order valence-electron chi connectivity index (χ3n) is 4.50. The summed E-state index contributed by atoms with van der Waals surface area (Å²) in [6, 6.07) is 8.76. The number of anilines is 2. The minimum Gasteiger partial charge on any atom is -0.497 e. The summed E-state index contributed by atoms with van der Waals surface area (Å²) >= 11 is 0. The third-order valence-corrected chi connectivity index (χ3v) is 5.89. The van der Waals surface area contributed by atoms with Gasteiger partial charge in [-0.2, -0.15) is 0 Å². The maximum Gasteiger partial charge on any atom is 0.335 e. The van der Waals surface area contributed by atoms with Crippen LogP contribution >= 0.6 is 0 Å². The Balaban J connectivity index is 2.05. The molecule has 0 saturated carbocycles. The van der Waals surface area contributed by atoms with E-state index in [-0.39, 0.29) is 21.9 Å². The number of aromatic carboxylic acids is 1. The quantitative estimate of drug-likeness (QED) is 0.697. The van der Waals surface area contributed by atoms with Crippen molar-refractivity contribution in [2.75, 3.05) is 50.1 Å². The van der Waals surface area contributed by atoms with Crippen LogP contribution in [0.1, 0.15) is 10.4 Å². The standard InChI is InChI=1S/C19H22N2O7S/c1-26-14-4-6-17(27-2)18(12-14)29(24,25)20-15-11-13(19(22)23)3-5-16(15)21-7-9-28-10-8-21/h3-6,11-12,20H,7-10H2,1-2H3,(H,22,23). The molecular formula is C19H22N2O7S. The van der Waals surface area contributed by atoms with E-state index >= 15 is 0 Å². The predicted molar refractivity (Wildman–Crippen MR) is 107 cm³/mol. The number of nitrogens with one attached hydrogen (secondary N) is 1. The molecule has 1 aliphatic heterocycles. The van der Waals surface area contributed by atoms with Crippen molar-refractivity contribution in [2.24, 2.45) is 0 Å². The first-order chi connectivity index (χ1) is 13.9. The number of carboxylic acid groups (broad SMARTS) is 1. The molecule has 2 N–H and O–H groups in total. The zero-order chi connectivity index (χ0) is 21.0. The van der Waals surface area contributed by atoms with Gasteiger partial charge in [0, 0.05) is 19.2 Å². The van der Waals surface area contributed by atoms with E-state index in [1.165, 1.54) is 38.5 Å². The Kier molecular flexibility index (Phi) is 6.14. The number of nitrogens with zero attached hydrogens (tertiary/aromatic N) is 1. The highest BCUT2D eigenvalue weighted by molar-refractivity contribution is 7.92. The summed E-state index contributed by atoms with van der Waals surface area (Å²) in [6.45, 7) is 2.11. The Bertz CT molecular complexity index is 1000. The Morgan fingerprint density at radius 3 is 2.45 bits per heavy atom. The van der Waals surface area contributed by atoms with Crippen LogP contribution in [0.3, 0.4) is 0 Å². The Morgan fingerprint density at radius 1 is 1.10 bits per heavy atom. The maximum absolute atomic E-state index is 13.1. The van der Waals surface area contributed by atoms with E-state index in [1.807, 2.05) is 4.90 Å². The number of rotatable bonds is 7. The van der Waals surface area contributed by atoms with E-state index < -0.39 is 16.0 Å². The highest BCUT2D eigenvalue weighted by Crippen LogP contribution is 2.33. The predicted octanol–water partition coefficient (Wildman–Crippen LogP) is 2.04. The molecule has 3 rings (SSSR count). The van der Waals surface area contributed by atoms with Crippen LogP contribution in [0.25, 0.3) is 0 Å². The van der Waals surface area contributed by atoms with E-state index in [9.17, 15) is 18.3 Å². The molecule has 0 bridgehead atoms. The maximum atomic E-state index is 13.1. The van der Waals surface area contributed by atoms with Gasteiger partial charge in [0.2, 0.25) is 0 Å². The van der Waals surface area contributed by atoms with Crippen molar-refractivity contribution in [1.82, 2.24) is 0 Å². The first kappa shape index (κ1) is 20.7. The second-order valence-electron chi connectivity index (χ2n) is 6.26. The van der Waals surface area contributed by atoms with Crippen LogP contribution in [-0.2, 0) is 14.8 Å². The molecule has 0 aliphatic carbocycles. The molecule has 9 nitrogen and oxygen atoms in total. The monoisotopic (exact) mass is 422 g/mol. The fourth-order valence-corrected chi connectivity index (χ4v) is 4.28. The number of methoxy groups -OCH3 is 2. The lowest BCUT2D eigenvalue weighted by molar-refractivity contribution is 0.0697. The van der Waals surface area contributed by atoms with Crippen LogP contribution in [0.2, 0.25) is 0 Å². The number of sulfonamides is 1. The van der Waals surface area contributed by atoms with Gasteiger partial charge in [0.15, 0.2) is 0 Å². The third kappa shape index (κ3) is 4.54. The fraction of sp³-hybridized carbons (Fsp3) is 0.316. The lowest BCUT2D eigenvalue weighted by Gasteiger charge is -2.30. The van der Waals surface area contributed by atoms with E-state index in [0.29, 0.717) is 37.7 Å². The van der Waals surface area contributed by atoms with Gasteiger partial charge in [-0.05, 0) is 30.3 Å². The van der Waals surface area contributed by atoms with Crippen molar-refractivity contribution in [3.8, 4) is 11.5 Å². The second kappa shape index (κ2) is 8.58. The summed E-state index contributed by atoms with van der Waals surface area (Å²) in [5.41, 5.74) is 0.706. The van der Waals surface area contributed by atoms with Crippen molar-refractivity contribution >= 4 is 27.4 Å².